The Bertz CT molecular complexity index is 1120. The molecule has 0 spiro atoms. The third-order valence-corrected chi connectivity index (χ3v) is 6.77. The highest BCUT2D eigenvalue weighted by atomic mass is 35.5. The zero-order chi connectivity index (χ0) is 23.9. The van der Waals surface area contributed by atoms with Gasteiger partial charge in [0.25, 0.3) is 0 Å². The highest BCUT2D eigenvalue weighted by Gasteiger charge is 2.11. The summed E-state index contributed by atoms with van der Waals surface area (Å²) >= 11 is 0. The Morgan fingerprint density at radius 2 is 1.03 bits per heavy atom. The first-order chi connectivity index (χ1) is 17.3. The molecule has 2 aliphatic heterocycles. The zero-order valence-electron chi connectivity index (χ0n) is 21.0. The van der Waals surface area contributed by atoms with Crippen molar-refractivity contribution in [2.45, 2.75) is 38.5 Å². The Morgan fingerprint density at radius 3 is 1.41 bits per heavy atom. The lowest BCUT2D eigenvalue weighted by molar-refractivity contribution is 0.590. The maximum absolute atomic E-state index is 15.2. The Kier molecular flexibility index (Phi) is 11.0. The Labute approximate surface area is 231 Å². The van der Waals surface area contributed by atoms with Crippen LogP contribution in [0.3, 0.4) is 0 Å². The van der Waals surface area contributed by atoms with Crippen LogP contribution in [0.1, 0.15) is 46.2 Å². The van der Waals surface area contributed by atoms with E-state index in [9.17, 15) is 0 Å². The first-order valence-corrected chi connectivity index (χ1v) is 12.8. The number of aliphatic imine (C=N–C) groups is 2. The second kappa shape index (κ2) is 14.2. The smallest absolute Gasteiger partial charge is 0.129 e. The van der Waals surface area contributed by atoms with Gasteiger partial charge < -0.3 is 10.6 Å². The van der Waals surface area contributed by atoms with Crippen molar-refractivity contribution in [2.75, 3.05) is 26.2 Å². The normalized spacial score (nSPS) is 14.7. The van der Waals surface area contributed by atoms with Crippen LogP contribution in [0.2, 0.25) is 0 Å². The van der Waals surface area contributed by atoms with E-state index in [1.54, 1.807) is 0 Å². The molecule has 2 heterocycles. The molecule has 0 atom stereocenters. The number of benzene rings is 3. The number of hydrogen-bond donors (Lipinski definition) is 2. The minimum Gasteiger partial charge on any atom is -0.370 e. The monoisotopic (exact) mass is 540 g/mol. The van der Waals surface area contributed by atoms with Gasteiger partial charge in [0.05, 0.1) is 0 Å². The number of halogens is 3. The predicted molar refractivity (Wildman–Crippen MR) is 157 cm³/mol. The lowest BCUT2D eigenvalue weighted by Crippen LogP contribution is -2.30. The van der Waals surface area contributed by atoms with Crippen LogP contribution in [0, 0.1) is 5.82 Å². The van der Waals surface area contributed by atoms with Crippen molar-refractivity contribution in [3.05, 3.63) is 106 Å². The Hall–Kier alpha value is -2.89. The third-order valence-electron chi connectivity index (χ3n) is 6.77. The summed E-state index contributed by atoms with van der Waals surface area (Å²) in [5, 5.41) is 6.72. The topological polar surface area (TPSA) is 48.8 Å². The van der Waals surface area contributed by atoms with Gasteiger partial charge in [0.2, 0.25) is 0 Å². The molecule has 0 saturated carbocycles. The highest BCUT2D eigenvalue weighted by Crippen LogP contribution is 2.19. The molecule has 7 heteroatoms. The standard InChI is InChI=1S/C30H33FN4.2ClH/c31-28-24(12-6-22-8-14-26(15-9-22)29-32-18-2-19-33-29)4-1-5-25(28)13-7-23-10-16-27(17-11-23)30-34-20-3-21-35-30;;/h1,4-5,8-11,14-17H,2-3,6-7,12-13,18-21H2,(H,32,33)(H,34,35);2*1H. The minimum atomic E-state index is -0.0535. The molecule has 2 N–H and O–H groups in total. The number of hydrogen-bond acceptors (Lipinski definition) is 4. The molecule has 0 saturated heterocycles. The molecule has 0 fully saturated rings. The van der Waals surface area contributed by atoms with Crippen LogP contribution < -0.4 is 10.6 Å². The number of aryl methyl sites for hydroxylation is 4. The van der Waals surface area contributed by atoms with Crippen molar-refractivity contribution in [2.24, 2.45) is 9.98 Å². The van der Waals surface area contributed by atoms with E-state index in [1.807, 2.05) is 18.2 Å². The molecule has 37 heavy (non-hydrogen) atoms. The van der Waals surface area contributed by atoms with Crippen LogP contribution in [-0.2, 0) is 25.7 Å². The molecular formula is C30H35Cl2FN4. The SMILES string of the molecule is Cl.Cl.Fc1c(CCc2ccc(C3=NCCCN3)cc2)cccc1CCc1ccc(C2=NCCCN2)cc1. The summed E-state index contributed by atoms with van der Waals surface area (Å²) in [5.74, 6) is 1.91. The average molecular weight is 542 g/mol. The number of amidine groups is 2. The van der Waals surface area contributed by atoms with Gasteiger partial charge in [-0.3, -0.25) is 9.98 Å². The second-order valence-electron chi connectivity index (χ2n) is 9.31. The molecule has 196 valence electrons. The summed E-state index contributed by atoms with van der Waals surface area (Å²) in [6, 6.07) is 22.8. The van der Waals surface area contributed by atoms with Crippen LogP contribution in [0.25, 0.3) is 0 Å². The van der Waals surface area contributed by atoms with Gasteiger partial charge >= 0.3 is 0 Å². The lowest BCUT2D eigenvalue weighted by Gasteiger charge is -2.15. The largest absolute Gasteiger partial charge is 0.370 e. The molecular weight excluding hydrogens is 506 g/mol. The van der Waals surface area contributed by atoms with Gasteiger partial charge in [-0.25, -0.2) is 4.39 Å². The average Bonchev–Trinajstić information content (AvgIpc) is 2.93. The fraction of sp³-hybridized carbons (Fsp3) is 0.333. The highest BCUT2D eigenvalue weighted by molar-refractivity contribution is 5.99. The van der Waals surface area contributed by atoms with Crippen molar-refractivity contribution >= 4 is 36.5 Å². The molecule has 2 aliphatic rings. The Balaban J connectivity index is 0.00000190. The second-order valence-corrected chi connectivity index (χ2v) is 9.31. The fourth-order valence-corrected chi connectivity index (χ4v) is 4.69. The van der Waals surface area contributed by atoms with Gasteiger partial charge in [-0.15, -0.1) is 24.8 Å². The van der Waals surface area contributed by atoms with E-state index >= 15 is 4.39 Å². The van der Waals surface area contributed by atoms with Gasteiger partial charge in [-0.2, -0.15) is 0 Å². The lowest BCUT2D eigenvalue weighted by atomic mass is 9.97. The number of nitrogens with zero attached hydrogens (tertiary/aromatic N) is 2. The van der Waals surface area contributed by atoms with Crippen LogP contribution in [0.15, 0.2) is 76.7 Å². The fourth-order valence-electron chi connectivity index (χ4n) is 4.69. The minimum absolute atomic E-state index is 0. The van der Waals surface area contributed by atoms with Crippen molar-refractivity contribution in [3.63, 3.8) is 0 Å². The van der Waals surface area contributed by atoms with E-state index in [2.05, 4.69) is 69.1 Å². The summed E-state index contributed by atoms with van der Waals surface area (Å²) in [6.45, 7) is 3.74. The first-order valence-electron chi connectivity index (χ1n) is 12.8. The summed E-state index contributed by atoms with van der Waals surface area (Å²) in [4.78, 5) is 9.11. The van der Waals surface area contributed by atoms with Crippen molar-refractivity contribution in [1.82, 2.24) is 10.6 Å². The van der Waals surface area contributed by atoms with Crippen LogP contribution in [-0.4, -0.2) is 37.9 Å². The molecule has 5 rings (SSSR count). The molecule has 3 aromatic rings. The quantitative estimate of drug-likeness (QED) is 0.383. The molecule has 0 bridgehead atoms. The van der Waals surface area contributed by atoms with Gasteiger partial charge in [0, 0.05) is 37.3 Å². The zero-order valence-corrected chi connectivity index (χ0v) is 22.6. The first kappa shape index (κ1) is 28.7. The molecule has 3 aromatic carbocycles. The number of nitrogens with one attached hydrogen (secondary N) is 2. The molecule has 0 aliphatic carbocycles. The van der Waals surface area contributed by atoms with E-state index in [1.165, 1.54) is 11.1 Å². The van der Waals surface area contributed by atoms with Crippen molar-refractivity contribution in [1.29, 1.82) is 0 Å². The van der Waals surface area contributed by atoms with Crippen molar-refractivity contribution in [3.8, 4) is 0 Å². The maximum atomic E-state index is 15.2. The van der Waals surface area contributed by atoms with Gasteiger partial charge in [0.15, 0.2) is 0 Å². The molecule has 0 amide bonds. The van der Waals surface area contributed by atoms with Crippen LogP contribution in [0.5, 0.6) is 0 Å². The van der Waals surface area contributed by atoms with Gasteiger partial charge in [0.1, 0.15) is 17.5 Å². The van der Waals surface area contributed by atoms with Crippen molar-refractivity contribution < 1.29 is 4.39 Å². The summed E-state index contributed by atoms with van der Waals surface area (Å²) < 4.78 is 15.2. The molecule has 0 aromatic heterocycles. The van der Waals surface area contributed by atoms with E-state index < -0.39 is 0 Å². The van der Waals surface area contributed by atoms with E-state index in [0.29, 0.717) is 12.8 Å². The van der Waals surface area contributed by atoms with E-state index in [0.717, 1.165) is 85.8 Å². The summed E-state index contributed by atoms with van der Waals surface area (Å²) in [6.07, 6.45) is 5.21. The van der Waals surface area contributed by atoms with E-state index in [-0.39, 0.29) is 30.6 Å². The van der Waals surface area contributed by atoms with Gasteiger partial charge in [-0.1, -0.05) is 66.7 Å². The molecule has 0 unspecified atom stereocenters. The van der Waals surface area contributed by atoms with Gasteiger partial charge in [-0.05, 0) is 60.8 Å². The van der Waals surface area contributed by atoms with Crippen LogP contribution >= 0.6 is 24.8 Å². The van der Waals surface area contributed by atoms with E-state index in [4.69, 9.17) is 0 Å². The molecule has 4 nitrogen and oxygen atoms in total. The predicted octanol–water partition coefficient (Wildman–Crippen LogP) is 5.72. The Morgan fingerprint density at radius 1 is 0.595 bits per heavy atom. The summed E-state index contributed by atoms with van der Waals surface area (Å²) in [5.41, 5.74) is 6.26. The number of rotatable bonds is 8. The molecule has 0 radical (unpaired) electrons. The summed E-state index contributed by atoms with van der Waals surface area (Å²) in [7, 11) is 0. The third kappa shape index (κ3) is 7.56. The van der Waals surface area contributed by atoms with Crippen LogP contribution in [0.4, 0.5) is 4.39 Å². The maximum Gasteiger partial charge on any atom is 0.129 e.